The number of likely N-dealkylation sites (tertiary alicyclic amines) is 1. The van der Waals surface area contributed by atoms with Gasteiger partial charge in [-0.05, 0) is 37.1 Å². The molecule has 2 heterocycles. The standard InChI is InChI=1S/C20H30N4O5S/c1-16(25)22(2)18-7-9-23(10-8-18)15-20(26)21-17-3-5-19(6-4-17)30(27,28)24-11-13-29-14-12-24/h3-6,18H,7-15H2,1-2H3,(H,21,26). The fraction of sp³-hybridized carbons (Fsp3) is 0.600. The Balaban J connectivity index is 1.50. The summed E-state index contributed by atoms with van der Waals surface area (Å²) >= 11 is 0. The maximum Gasteiger partial charge on any atom is 0.243 e. The van der Waals surface area contributed by atoms with Crippen molar-refractivity contribution in [1.82, 2.24) is 14.1 Å². The lowest BCUT2D eigenvalue weighted by Gasteiger charge is -2.36. The molecule has 0 aromatic heterocycles. The van der Waals surface area contributed by atoms with Gasteiger partial charge in [0.15, 0.2) is 0 Å². The van der Waals surface area contributed by atoms with Crippen molar-refractivity contribution in [2.75, 3.05) is 58.3 Å². The number of amides is 2. The molecule has 2 aliphatic heterocycles. The van der Waals surface area contributed by atoms with Crippen molar-refractivity contribution in [3.05, 3.63) is 24.3 Å². The molecule has 30 heavy (non-hydrogen) atoms. The second-order valence-corrected chi connectivity index (χ2v) is 9.66. The Kier molecular flexibility index (Phi) is 7.45. The Labute approximate surface area is 178 Å². The lowest BCUT2D eigenvalue weighted by atomic mass is 10.0. The third-order valence-electron chi connectivity index (χ3n) is 5.71. The van der Waals surface area contributed by atoms with Gasteiger partial charge in [-0.25, -0.2) is 8.42 Å². The van der Waals surface area contributed by atoms with E-state index in [1.807, 2.05) is 7.05 Å². The number of ether oxygens (including phenoxy) is 1. The fourth-order valence-corrected chi connectivity index (χ4v) is 5.18. The first-order valence-electron chi connectivity index (χ1n) is 10.2. The van der Waals surface area contributed by atoms with Gasteiger partial charge in [0.05, 0.1) is 24.7 Å². The molecule has 1 N–H and O–H groups in total. The molecule has 0 saturated carbocycles. The minimum Gasteiger partial charge on any atom is -0.379 e. The number of piperidine rings is 1. The zero-order valence-corrected chi connectivity index (χ0v) is 18.4. The number of morpholine rings is 1. The Morgan fingerprint density at radius 2 is 1.70 bits per heavy atom. The van der Waals surface area contributed by atoms with Crippen LogP contribution in [-0.4, -0.2) is 93.4 Å². The molecule has 10 heteroatoms. The summed E-state index contributed by atoms with van der Waals surface area (Å²) in [4.78, 5) is 27.9. The van der Waals surface area contributed by atoms with Crippen LogP contribution in [0.15, 0.2) is 29.2 Å². The number of hydrogen-bond acceptors (Lipinski definition) is 6. The largest absolute Gasteiger partial charge is 0.379 e. The molecule has 166 valence electrons. The van der Waals surface area contributed by atoms with E-state index in [1.54, 1.807) is 24.0 Å². The zero-order chi connectivity index (χ0) is 21.7. The first kappa shape index (κ1) is 22.7. The van der Waals surface area contributed by atoms with Crippen molar-refractivity contribution < 1.29 is 22.7 Å². The van der Waals surface area contributed by atoms with Gasteiger partial charge in [0.2, 0.25) is 21.8 Å². The van der Waals surface area contributed by atoms with Crippen LogP contribution < -0.4 is 5.32 Å². The van der Waals surface area contributed by atoms with Gasteiger partial charge in [-0.3, -0.25) is 14.5 Å². The number of carbonyl (C=O) groups excluding carboxylic acids is 2. The van der Waals surface area contributed by atoms with Crippen molar-refractivity contribution in [3.8, 4) is 0 Å². The van der Waals surface area contributed by atoms with Crippen molar-refractivity contribution in [3.63, 3.8) is 0 Å². The average Bonchev–Trinajstić information content (AvgIpc) is 2.74. The SMILES string of the molecule is CC(=O)N(C)C1CCN(CC(=O)Nc2ccc(S(=O)(=O)N3CCOCC3)cc2)CC1. The molecule has 2 fully saturated rings. The number of anilines is 1. The Bertz CT molecular complexity index is 844. The van der Waals surface area contributed by atoms with E-state index in [-0.39, 0.29) is 29.3 Å². The van der Waals surface area contributed by atoms with Crippen LogP contribution in [0, 0.1) is 0 Å². The highest BCUT2D eigenvalue weighted by molar-refractivity contribution is 7.89. The molecule has 3 rings (SSSR count). The molecule has 2 aliphatic rings. The average molecular weight is 439 g/mol. The maximum atomic E-state index is 12.7. The molecule has 0 radical (unpaired) electrons. The summed E-state index contributed by atoms with van der Waals surface area (Å²) in [5.41, 5.74) is 0.562. The maximum absolute atomic E-state index is 12.7. The molecule has 0 aliphatic carbocycles. The minimum atomic E-state index is -3.54. The summed E-state index contributed by atoms with van der Waals surface area (Å²) in [5.74, 6) is -0.0811. The second-order valence-electron chi connectivity index (χ2n) is 7.73. The summed E-state index contributed by atoms with van der Waals surface area (Å²) < 4.78 is 31.9. The lowest BCUT2D eigenvalue weighted by molar-refractivity contribution is -0.130. The van der Waals surface area contributed by atoms with E-state index in [9.17, 15) is 18.0 Å². The third-order valence-corrected chi connectivity index (χ3v) is 7.63. The monoisotopic (exact) mass is 438 g/mol. The van der Waals surface area contributed by atoms with Gasteiger partial charge >= 0.3 is 0 Å². The van der Waals surface area contributed by atoms with Crippen LogP contribution >= 0.6 is 0 Å². The first-order chi connectivity index (χ1) is 14.3. The quantitative estimate of drug-likeness (QED) is 0.698. The number of sulfonamides is 1. The van der Waals surface area contributed by atoms with E-state index in [0.717, 1.165) is 25.9 Å². The summed E-state index contributed by atoms with van der Waals surface area (Å²) in [6.07, 6.45) is 1.69. The fourth-order valence-electron chi connectivity index (χ4n) is 3.77. The van der Waals surface area contributed by atoms with Crippen LogP contribution in [0.2, 0.25) is 0 Å². The number of nitrogens with zero attached hydrogens (tertiary/aromatic N) is 3. The van der Waals surface area contributed by atoms with Gasteiger partial charge in [0.1, 0.15) is 0 Å². The van der Waals surface area contributed by atoms with Crippen LogP contribution in [0.4, 0.5) is 5.69 Å². The predicted molar refractivity (Wildman–Crippen MR) is 113 cm³/mol. The third kappa shape index (κ3) is 5.57. The van der Waals surface area contributed by atoms with E-state index >= 15 is 0 Å². The van der Waals surface area contributed by atoms with Crippen LogP contribution in [0.1, 0.15) is 19.8 Å². The van der Waals surface area contributed by atoms with Crippen molar-refractivity contribution in [2.45, 2.75) is 30.7 Å². The van der Waals surface area contributed by atoms with Gasteiger partial charge in [-0.15, -0.1) is 0 Å². The van der Waals surface area contributed by atoms with Gasteiger partial charge in [0, 0.05) is 51.9 Å². The molecule has 1 aromatic rings. The van der Waals surface area contributed by atoms with Crippen molar-refractivity contribution in [1.29, 1.82) is 0 Å². The Morgan fingerprint density at radius 3 is 2.27 bits per heavy atom. The van der Waals surface area contributed by atoms with Crippen LogP contribution in [0.25, 0.3) is 0 Å². The minimum absolute atomic E-state index is 0.0604. The van der Waals surface area contributed by atoms with E-state index in [1.165, 1.54) is 16.4 Å². The van der Waals surface area contributed by atoms with E-state index in [4.69, 9.17) is 4.74 Å². The number of nitrogens with one attached hydrogen (secondary N) is 1. The highest BCUT2D eigenvalue weighted by atomic mass is 32.2. The van der Waals surface area contributed by atoms with Gasteiger partial charge < -0.3 is 15.0 Å². The van der Waals surface area contributed by atoms with Gasteiger partial charge in [0.25, 0.3) is 0 Å². The summed E-state index contributed by atoms with van der Waals surface area (Å²) in [6.45, 7) is 4.84. The summed E-state index contributed by atoms with van der Waals surface area (Å²) in [6, 6.07) is 6.48. The molecule has 2 saturated heterocycles. The molecular weight excluding hydrogens is 408 g/mol. The number of rotatable bonds is 6. The smallest absolute Gasteiger partial charge is 0.243 e. The molecular formula is C20H30N4O5S. The molecule has 0 unspecified atom stereocenters. The van der Waals surface area contributed by atoms with Crippen LogP contribution in [-0.2, 0) is 24.3 Å². The lowest BCUT2D eigenvalue weighted by Crippen LogP contribution is -2.46. The Morgan fingerprint density at radius 1 is 1.10 bits per heavy atom. The van der Waals surface area contributed by atoms with Gasteiger partial charge in [-0.1, -0.05) is 0 Å². The zero-order valence-electron chi connectivity index (χ0n) is 17.5. The van der Waals surface area contributed by atoms with E-state index < -0.39 is 10.0 Å². The van der Waals surface area contributed by atoms with Crippen molar-refractivity contribution >= 4 is 27.5 Å². The topological polar surface area (TPSA) is 99.3 Å². The molecule has 9 nitrogen and oxygen atoms in total. The highest BCUT2D eigenvalue weighted by Crippen LogP contribution is 2.20. The molecule has 0 spiro atoms. The van der Waals surface area contributed by atoms with Crippen LogP contribution in [0.5, 0.6) is 0 Å². The Hall–Kier alpha value is -2.01. The van der Waals surface area contributed by atoms with Crippen LogP contribution in [0.3, 0.4) is 0 Å². The number of carbonyl (C=O) groups is 2. The van der Waals surface area contributed by atoms with E-state index in [0.29, 0.717) is 32.0 Å². The van der Waals surface area contributed by atoms with Gasteiger partial charge in [-0.2, -0.15) is 4.31 Å². The summed E-state index contributed by atoms with van der Waals surface area (Å²) in [7, 11) is -1.73. The van der Waals surface area contributed by atoms with Crippen molar-refractivity contribution in [2.24, 2.45) is 0 Å². The predicted octanol–water partition coefficient (Wildman–Crippen LogP) is 0.589. The molecule has 0 bridgehead atoms. The first-order valence-corrected chi connectivity index (χ1v) is 11.6. The summed E-state index contributed by atoms with van der Waals surface area (Å²) in [5, 5.41) is 2.83. The molecule has 2 amide bonds. The molecule has 1 aromatic carbocycles. The number of hydrogen-bond donors (Lipinski definition) is 1. The normalized spacial score (nSPS) is 19.4. The molecule has 0 atom stereocenters. The number of benzene rings is 1. The second kappa shape index (κ2) is 9.86. The highest BCUT2D eigenvalue weighted by Gasteiger charge is 2.27. The van der Waals surface area contributed by atoms with E-state index in [2.05, 4.69) is 10.2 Å².